The molecule has 26 heavy (non-hydrogen) atoms. The largest absolute Gasteiger partial charge is 0.386 e. The molecule has 1 aromatic heterocycles. The van der Waals surface area contributed by atoms with Crippen LogP contribution in [0.15, 0.2) is 60.3 Å². The maximum absolute atomic E-state index is 6.33. The normalized spacial score (nSPS) is 12.5. The molecule has 0 saturated heterocycles. The Hall–Kier alpha value is -1.72. The SMILES string of the molecule is Clc1ccc(/C=N/OC(Cn2ccnc2)c2ccc(Cl)cc2Cl)c(Cl)c1. The summed E-state index contributed by atoms with van der Waals surface area (Å²) in [6.07, 6.45) is 6.32. The lowest BCUT2D eigenvalue weighted by Gasteiger charge is -2.17. The van der Waals surface area contributed by atoms with E-state index in [1.54, 1.807) is 42.9 Å². The van der Waals surface area contributed by atoms with Crippen LogP contribution in [0.5, 0.6) is 0 Å². The molecule has 1 atom stereocenters. The predicted molar refractivity (Wildman–Crippen MR) is 107 cm³/mol. The lowest BCUT2D eigenvalue weighted by molar-refractivity contribution is 0.0469. The summed E-state index contributed by atoms with van der Waals surface area (Å²) in [7, 11) is 0. The highest BCUT2D eigenvalue weighted by molar-refractivity contribution is 6.36. The van der Waals surface area contributed by atoms with Crippen molar-refractivity contribution in [2.75, 3.05) is 0 Å². The molecule has 0 aliphatic rings. The van der Waals surface area contributed by atoms with Crippen molar-refractivity contribution in [3.05, 3.63) is 86.3 Å². The van der Waals surface area contributed by atoms with Gasteiger partial charge in [0.15, 0.2) is 6.10 Å². The smallest absolute Gasteiger partial charge is 0.171 e. The first-order valence-electron chi connectivity index (χ1n) is 7.58. The molecule has 0 bridgehead atoms. The Labute approximate surface area is 170 Å². The van der Waals surface area contributed by atoms with E-state index in [-0.39, 0.29) is 0 Å². The van der Waals surface area contributed by atoms with Crippen LogP contribution >= 0.6 is 46.4 Å². The number of benzene rings is 2. The Morgan fingerprint density at radius 2 is 1.77 bits per heavy atom. The summed E-state index contributed by atoms with van der Waals surface area (Å²) < 4.78 is 1.88. The van der Waals surface area contributed by atoms with Crippen LogP contribution in [0.2, 0.25) is 20.1 Å². The number of hydrogen-bond acceptors (Lipinski definition) is 3. The van der Waals surface area contributed by atoms with Crippen LogP contribution in [0, 0.1) is 0 Å². The van der Waals surface area contributed by atoms with Gasteiger partial charge < -0.3 is 9.40 Å². The molecule has 8 heteroatoms. The molecular weight excluding hydrogens is 416 g/mol. The van der Waals surface area contributed by atoms with E-state index in [4.69, 9.17) is 51.2 Å². The number of aromatic nitrogens is 2. The van der Waals surface area contributed by atoms with Crippen LogP contribution in [0.25, 0.3) is 0 Å². The minimum Gasteiger partial charge on any atom is -0.386 e. The van der Waals surface area contributed by atoms with Crippen LogP contribution in [0.3, 0.4) is 0 Å². The molecular formula is C18H13Cl4N3O. The second-order valence-corrected chi connectivity index (χ2v) is 7.11. The molecule has 0 fully saturated rings. The van der Waals surface area contributed by atoms with Crippen molar-refractivity contribution in [2.45, 2.75) is 12.6 Å². The fourth-order valence-electron chi connectivity index (χ4n) is 2.30. The Bertz CT molecular complexity index is 913. The maximum Gasteiger partial charge on any atom is 0.171 e. The van der Waals surface area contributed by atoms with Crippen molar-refractivity contribution < 1.29 is 4.84 Å². The molecule has 3 rings (SSSR count). The standard InChI is InChI=1S/C18H13Cl4N3O/c19-13-2-1-12(16(21)7-13)9-24-26-18(10-25-6-5-23-11-25)15-4-3-14(20)8-17(15)22/h1-9,11,18H,10H2/b24-9+. The predicted octanol–water partition coefficient (Wildman–Crippen LogP) is 6.29. The van der Waals surface area contributed by atoms with Gasteiger partial charge >= 0.3 is 0 Å². The topological polar surface area (TPSA) is 39.4 Å². The third-order valence-corrected chi connectivity index (χ3v) is 4.71. The average molecular weight is 429 g/mol. The fraction of sp³-hybridized carbons (Fsp3) is 0.111. The summed E-state index contributed by atoms with van der Waals surface area (Å²) in [4.78, 5) is 9.75. The van der Waals surface area contributed by atoms with E-state index >= 15 is 0 Å². The van der Waals surface area contributed by atoms with Crippen LogP contribution in [-0.2, 0) is 11.4 Å². The molecule has 1 unspecified atom stereocenters. The van der Waals surface area contributed by atoms with Crippen molar-refractivity contribution in [3.63, 3.8) is 0 Å². The van der Waals surface area contributed by atoms with E-state index in [1.807, 2.05) is 16.8 Å². The van der Waals surface area contributed by atoms with Gasteiger partial charge in [0.05, 0.1) is 24.1 Å². The summed E-state index contributed by atoms with van der Waals surface area (Å²) in [5, 5.41) is 6.17. The second kappa shape index (κ2) is 8.78. The molecule has 4 nitrogen and oxygen atoms in total. The van der Waals surface area contributed by atoms with Crippen molar-refractivity contribution in [1.29, 1.82) is 0 Å². The number of oxime groups is 1. The molecule has 0 saturated carbocycles. The minimum absolute atomic E-state index is 0.434. The number of rotatable bonds is 6. The van der Waals surface area contributed by atoms with Crippen molar-refractivity contribution >= 4 is 52.6 Å². The molecule has 0 aliphatic heterocycles. The zero-order chi connectivity index (χ0) is 18.5. The van der Waals surface area contributed by atoms with Gasteiger partial charge in [-0.3, -0.25) is 0 Å². The third-order valence-electron chi connectivity index (χ3n) is 3.59. The molecule has 1 heterocycles. The highest BCUT2D eigenvalue weighted by atomic mass is 35.5. The van der Waals surface area contributed by atoms with Gasteiger partial charge in [-0.15, -0.1) is 0 Å². The highest BCUT2D eigenvalue weighted by Crippen LogP contribution is 2.30. The third kappa shape index (κ3) is 4.92. The lowest BCUT2D eigenvalue weighted by atomic mass is 10.1. The van der Waals surface area contributed by atoms with E-state index in [0.717, 1.165) is 5.56 Å². The summed E-state index contributed by atoms with van der Waals surface area (Å²) >= 11 is 24.3. The van der Waals surface area contributed by atoms with Crippen molar-refractivity contribution in [1.82, 2.24) is 9.55 Å². The van der Waals surface area contributed by atoms with E-state index < -0.39 is 6.10 Å². The van der Waals surface area contributed by atoms with E-state index in [1.165, 1.54) is 6.21 Å². The molecule has 0 spiro atoms. The number of nitrogens with zero attached hydrogens (tertiary/aromatic N) is 3. The van der Waals surface area contributed by atoms with Gasteiger partial charge in [0.1, 0.15) is 0 Å². The second-order valence-electron chi connectivity index (χ2n) is 5.42. The van der Waals surface area contributed by atoms with E-state index in [0.29, 0.717) is 32.2 Å². The molecule has 0 N–H and O–H groups in total. The van der Waals surface area contributed by atoms with Crippen LogP contribution in [0.1, 0.15) is 17.2 Å². The molecule has 0 radical (unpaired) electrons. The highest BCUT2D eigenvalue weighted by Gasteiger charge is 2.17. The number of halogens is 4. The first-order chi connectivity index (χ1) is 12.5. The van der Waals surface area contributed by atoms with Gasteiger partial charge in [-0.05, 0) is 24.3 Å². The first-order valence-corrected chi connectivity index (χ1v) is 9.09. The zero-order valence-electron chi connectivity index (χ0n) is 13.3. The molecule has 134 valence electrons. The lowest BCUT2D eigenvalue weighted by Crippen LogP contribution is -2.10. The van der Waals surface area contributed by atoms with Gasteiger partial charge in [-0.25, -0.2) is 4.98 Å². The van der Waals surface area contributed by atoms with Gasteiger partial charge in [0.2, 0.25) is 0 Å². The maximum atomic E-state index is 6.33. The molecule has 0 amide bonds. The molecule has 3 aromatic rings. The van der Waals surface area contributed by atoms with Crippen molar-refractivity contribution in [3.8, 4) is 0 Å². The Morgan fingerprint density at radius 1 is 1.04 bits per heavy atom. The minimum atomic E-state index is -0.434. The molecule has 2 aromatic carbocycles. The van der Waals surface area contributed by atoms with Gasteiger partial charge in [0.25, 0.3) is 0 Å². The summed E-state index contributed by atoms with van der Waals surface area (Å²) in [6.45, 7) is 0.479. The Kier molecular flexibility index (Phi) is 6.43. The zero-order valence-corrected chi connectivity index (χ0v) is 16.3. The Balaban J connectivity index is 1.82. The van der Waals surface area contributed by atoms with E-state index in [2.05, 4.69) is 10.1 Å². The average Bonchev–Trinajstić information content (AvgIpc) is 3.09. The first kappa shape index (κ1) is 19.1. The Morgan fingerprint density at radius 3 is 2.42 bits per heavy atom. The number of imidazole rings is 1. The van der Waals surface area contributed by atoms with E-state index in [9.17, 15) is 0 Å². The summed E-state index contributed by atoms with van der Waals surface area (Å²) in [5.74, 6) is 0. The summed E-state index contributed by atoms with van der Waals surface area (Å²) in [5.41, 5.74) is 1.46. The van der Waals surface area contributed by atoms with Crippen molar-refractivity contribution in [2.24, 2.45) is 5.16 Å². The number of hydrogen-bond donors (Lipinski definition) is 0. The van der Waals surface area contributed by atoms with Gasteiger partial charge in [-0.2, -0.15) is 0 Å². The van der Waals surface area contributed by atoms with Crippen LogP contribution < -0.4 is 0 Å². The van der Waals surface area contributed by atoms with Crippen LogP contribution in [0.4, 0.5) is 0 Å². The van der Waals surface area contributed by atoms with Gasteiger partial charge in [0, 0.05) is 38.6 Å². The quantitative estimate of drug-likeness (QED) is 0.342. The summed E-state index contributed by atoms with van der Waals surface area (Å²) in [6, 6.07) is 10.4. The van der Waals surface area contributed by atoms with Crippen LogP contribution in [-0.4, -0.2) is 15.8 Å². The van der Waals surface area contributed by atoms with Gasteiger partial charge in [-0.1, -0.05) is 63.7 Å². The monoisotopic (exact) mass is 427 g/mol. The fourth-order valence-corrected chi connectivity index (χ4v) is 3.29. The molecule has 0 aliphatic carbocycles.